The second-order valence-electron chi connectivity index (χ2n) is 4.26. The third-order valence-electron chi connectivity index (χ3n) is 3.22. The first kappa shape index (κ1) is 9.29. The Morgan fingerprint density at radius 3 is 3.07 bits per heavy atom. The summed E-state index contributed by atoms with van der Waals surface area (Å²) in [4.78, 5) is 3.48. The monoisotopic (exact) mass is 218 g/mol. The summed E-state index contributed by atoms with van der Waals surface area (Å²) in [6.07, 6.45) is 5.78. The van der Waals surface area contributed by atoms with Gasteiger partial charge in [0.2, 0.25) is 0 Å². The van der Waals surface area contributed by atoms with Crippen molar-refractivity contribution in [1.29, 1.82) is 0 Å². The van der Waals surface area contributed by atoms with Gasteiger partial charge in [-0.3, -0.25) is 0 Å². The van der Waals surface area contributed by atoms with Crippen LogP contribution in [0.15, 0.2) is 12.1 Å². The first-order chi connectivity index (χ1) is 7.25. The summed E-state index contributed by atoms with van der Waals surface area (Å²) in [5.41, 5.74) is 5.22. The van der Waals surface area contributed by atoms with Gasteiger partial charge in [0, 0.05) is 21.6 Å². The molecule has 0 fully saturated rings. The van der Waals surface area contributed by atoms with E-state index in [0.717, 1.165) is 23.4 Å². The van der Waals surface area contributed by atoms with Gasteiger partial charge in [-0.15, -0.1) is 0 Å². The van der Waals surface area contributed by atoms with Gasteiger partial charge in [-0.2, -0.15) is 0 Å². The quantitative estimate of drug-likeness (QED) is 0.692. The maximum atomic E-state index is 6.12. The number of aromatic amines is 1. The lowest BCUT2D eigenvalue weighted by Gasteiger charge is -2.10. The van der Waals surface area contributed by atoms with Gasteiger partial charge in [0.1, 0.15) is 0 Å². The van der Waals surface area contributed by atoms with Gasteiger partial charge in [0.25, 0.3) is 0 Å². The van der Waals surface area contributed by atoms with Gasteiger partial charge >= 0.3 is 0 Å². The topological polar surface area (TPSA) is 15.8 Å². The highest BCUT2D eigenvalue weighted by molar-refractivity contribution is 6.32. The lowest BCUT2D eigenvalue weighted by molar-refractivity contribution is 0.816. The molecule has 0 spiro atoms. The van der Waals surface area contributed by atoms with Crippen LogP contribution in [0.1, 0.15) is 23.2 Å². The van der Waals surface area contributed by atoms with Gasteiger partial charge < -0.3 is 4.98 Å². The van der Waals surface area contributed by atoms with E-state index in [0.29, 0.717) is 0 Å². The average molecular weight is 219 g/mol. The molecule has 0 saturated heterocycles. The molecule has 1 radical (unpaired) electrons. The van der Waals surface area contributed by atoms with E-state index in [4.69, 9.17) is 11.6 Å². The largest absolute Gasteiger partial charge is 0.358 e. The number of aryl methyl sites for hydroxylation is 2. The number of benzene rings is 1. The van der Waals surface area contributed by atoms with Gasteiger partial charge in [0.05, 0.1) is 0 Å². The summed E-state index contributed by atoms with van der Waals surface area (Å²) in [5.74, 6) is 0. The number of nitrogens with one attached hydrogen (secondary N) is 1. The van der Waals surface area contributed by atoms with Crippen molar-refractivity contribution in [2.75, 3.05) is 0 Å². The molecule has 2 aromatic rings. The van der Waals surface area contributed by atoms with E-state index in [-0.39, 0.29) is 0 Å². The predicted molar refractivity (Wildman–Crippen MR) is 64.4 cm³/mol. The molecule has 1 aromatic carbocycles. The highest BCUT2D eigenvalue weighted by Gasteiger charge is 2.15. The molecule has 0 amide bonds. The molecule has 0 atom stereocenters. The van der Waals surface area contributed by atoms with E-state index in [1.54, 1.807) is 0 Å². The van der Waals surface area contributed by atoms with Gasteiger partial charge in [-0.1, -0.05) is 11.6 Å². The SMILES string of the molecule is Cc1cc2c3c([nH]c2cc1Cl)CC[CH]C3. The molecule has 1 aromatic heterocycles. The minimum absolute atomic E-state index is 0.852. The maximum Gasteiger partial charge on any atom is 0.0474 e. The van der Waals surface area contributed by atoms with E-state index in [2.05, 4.69) is 24.4 Å². The van der Waals surface area contributed by atoms with Crippen LogP contribution in [0.5, 0.6) is 0 Å². The second kappa shape index (κ2) is 3.28. The first-order valence-electron chi connectivity index (χ1n) is 5.37. The molecule has 0 saturated carbocycles. The Hall–Kier alpha value is -0.950. The number of hydrogen-bond donors (Lipinski definition) is 1. The van der Waals surface area contributed by atoms with Crippen LogP contribution >= 0.6 is 11.6 Å². The first-order valence-corrected chi connectivity index (χ1v) is 5.75. The van der Waals surface area contributed by atoms with Crippen molar-refractivity contribution >= 4 is 22.5 Å². The van der Waals surface area contributed by atoms with Crippen LogP contribution in [0, 0.1) is 13.3 Å². The Kier molecular flexibility index (Phi) is 2.03. The highest BCUT2D eigenvalue weighted by Crippen LogP contribution is 2.31. The van der Waals surface area contributed by atoms with E-state index in [1.807, 2.05) is 6.07 Å². The minimum atomic E-state index is 0.852. The number of H-pyrrole nitrogens is 1. The molecule has 15 heavy (non-hydrogen) atoms. The fourth-order valence-electron chi connectivity index (χ4n) is 2.37. The number of aromatic nitrogens is 1. The number of fused-ring (bicyclic) bond motifs is 3. The van der Waals surface area contributed by atoms with Crippen LogP contribution in [0.2, 0.25) is 5.02 Å². The van der Waals surface area contributed by atoms with Crippen molar-refractivity contribution < 1.29 is 0 Å². The molecular weight excluding hydrogens is 206 g/mol. The molecule has 1 nitrogen and oxygen atoms in total. The lowest BCUT2D eigenvalue weighted by Crippen LogP contribution is -2.00. The average Bonchev–Trinajstić information content (AvgIpc) is 2.57. The Morgan fingerprint density at radius 1 is 1.33 bits per heavy atom. The summed E-state index contributed by atoms with van der Waals surface area (Å²) in [6, 6.07) is 4.25. The fraction of sp³-hybridized carbons (Fsp3) is 0.308. The van der Waals surface area contributed by atoms with Crippen molar-refractivity contribution in [2.45, 2.75) is 26.2 Å². The van der Waals surface area contributed by atoms with Crippen LogP contribution in [-0.2, 0) is 12.8 Å². The molecule has 3 rings (SSSR count). The van der Waals surface area contributed by atoms with Crippen LogP contribution in [-0.4, -0.2) is 4.98 Å². The van der Waals surface area contributed by atoms with E-state index in [9.17, 15) is 0 Å². The summed E-state index contributed by atoms with van der Waals surface area (Å²) in [5, 5.41) is 2.20. The molecule has 1 aliphatic rings. The fourth-order valence-corrected chi connectivity index (χ4v) is 2.54. The number of halogens is 1. The van der Waals surface area contributed by atoms with E-state index in [1.165, 1.54) is 28.6 Å². The molecule has 0 unspecified atom stereocenters. The summed E-state index contributed by atoms with van der Waals surface area (Å²) >= 11 is 6.12. The van der Waals surface area contributed by atoms with Gasteiger partial charge in [-0.25, -0.2) is 0 Å². The Bertz CT molecular complexity index is 525. The summed E-state index contributed by atoms with van der Waals surface area (Å²) < 4.78 is 0. The lowest BCUT2D eigenvalue weighted by atomic mass is 9.95. The Labute approximate surface area is 94.4 Å². The zero-order chi connectivity index (χ0) is 10.4. The molecule has 2 heteroatoms. The van der Waals surface area contributed by atoms with Crippen molar-refractivity contribution in [3.63, 3.8) is 0 Å². The standard InChI is InChI=1S/C13H13ClN/c1-8-6-10-9-4-2-3-5-12(9)15-13(10)7-11(8)14/h2,6-7,15H,3-5H2,1H3. The van der Waals surface area contributed by atoms with Crippen LogP contribution in [0.25, 0.3) is 10.9 Å². The minimum Gasteiger partial charge on any atom is -0.358 e. The zero-order valence-corrected chi connectivity index (χ0v) is 9.49. The molecule has 1 N–H and O–H groups in total. The van der Waals surface area contributed by atoms with E-state index < -0.39 is 0 Å². The number of rotatable bonds is 0. The second-order valence-corrected chi connectivity index (χ2v) is 4.67. The van der Waals surface area contributed by atoms with Crippen LogP contribution in [0.4, 0.5) is 0 Å². The smallest absolute Gasteiger partial charge is 0.0474 e. The Morgan fingerprint density at radius 2 is 2.20 bits per heavy atom. The maximum absolute atomic E-state index is 6.12. The van der Waals surface area contributed by atoms with Gasteiger partial charge in [-0.05, 0) is 55.9 Å². The molecule has 0 bridgehead atoms. The van der Waals surface area contributed by atoms with Crippen molar-refractivity contribution in [2.24, 2.45) is 0 Å². The molecule has 0 aliphatic heterocycles. The summed E-state index contributed by atoms with van der Waals surface area (Å²) in [7, 11) is 0. The van der Waals surface area contributed by atoms with Crippen molar-refractivity contribution in [1.82, 2.24) is 4.98 Å². The van der Waals surface area contributed by atoms with Crippen molar-refractivity contribution in [3.05, 3.63) is 40.4 Å². The van der Waals surface area contributed by atoms with Crippen molar-refractivity contribution in [3.8, 4) is 0 Å². The molecular formula is C13H13ClN. The number of hydrogen-bond acceptors (Lipinski definition) is 0. The third-order valence-corrected chi connectivity index (χ3v) is 3.63. The summed E-state index contributed by atoms with van der Waals surface area (Å²) in [6.45, 7) is 2.06. The molecule has 1 aliphatic carbocycles. The molecule has 1 heterocycles. The normalized spacial score (nSPS) is 15.6. The zero-order valence-electron chi connectivity index (χ0n) is 8.73. The van der Waals surface area contributed by atoms with Gasteiger partial charge in [0.15, 0.2) is 0 Å². The third kappa shape index (κ3) is 1.37. The van der Waals surface area contributed by atoms with Crippen LogP contribution < -0.4 is 0 Å². The van der Waals surface area contributed by atoms with Crippen LogP contribution in [0.3, 0.4) is 0 Å². The van der Waals surface area contributed by atoms with E-state index >= 15 is 0 Å². The predicted octanol–water partition coefficient (Wildman–Crippen LogP) is 3.82. The highest BCUT2D eigenvalue weighted by atomic mass is 35.5. The molecule has 77 valence electrons. The Balaban J connectivity index is 2.33.